The second kappa shape index (κ2) is 6.67. The maximum absolute atomic E-state index is 12.3. The second-order valence-electron chi connectivity index (χ2n) is 6.33. The minimum absolute atomic E-state index is 0.0796. The number of likely N-dealkylation sites (tertiary alicyclic amines) is 1. The molecule has 0 radical (unpaired) electrons. The molecule has 0 unspecified atom stereocenters. The molecule has 1 aromatic carbocycles. The highest BCUT2D eigenvalue weighted by Gasteiger charge is 2.46. The van der Waals surface area contributed by atoms with Gasteiger partial charge >= 0.3 is 12.4 Å². The van der Waals surface area contributed by atoms with Gasteiger partial charge in [-0.05, 0) is 37.1 Å². The van der Waals surface area contributed by atoms with E-state index < -0.39 is 12.0 Å². The third kappa shape index (κ3) is 4.18. The molecule has 2 fully saturated rings. The van der Waals surface area contributed by atoms with E-state index in [1.54, 1.807) is 11.9 Å². The molecule has 1 spiro atoms. The number of alkyl halides is 3. The van der Waals surface area contributed by atoms with Crippen LogP contribution in [0.2, 0.25) is 0 Å². The van der Waals surface area contributed by atoms with Crippen LogP contribution in [0.1, 0.15) is 19.3 Å². The Bertz CT molecular complexity index is 685. The van der Waals surface area contributed by atoms with Crippen LogP contribution in [0.15, 0.2) is 24.3 Å². The van der Waals surface area contributed by atoms with Crippen LogP contribution >= 0.6 is 0 Å². The SMILES string of the molecule is CN1OC2(CCN(C(=O)Nc3ccc(OC(F)(F)F)cc3)CC2)CC1=O. The second-order valence-corrected chi connectivity index (χ2v) is 6.33. The van der Waals surface area contributed by atoms with Crippen molar-refractivity contribution in [2.24, 2.45) is 0 Å². The Balaban J connectivity index is 1.52. The Kier molecular flexibility index (Phi) is 4.70. The quantitative estimate of drug-likeness (QED) is 0.865. The summed E-state index contributed by atoms with van der Waals surface area (Å²) in [4.78, 5) is 31.1. The molecule has 0 aromatic heterocycles. The van der Waals surface area contributed by atoms with Gasteiger partial charge < -0.3 is 15.0 Å². The third-order valence-electron chi connectivity index (χ3n) is 4.46. The number of hydrogen-bond donors (Lipinski definition) is 1. The maximum atomic E-state index is 12.3. The van der Waals surface area contributed by atoms with Crippen LogP contribution < -0.4 is 10.1 Å². The van der Waals surface area contributed by atoms with Crippen LogP contribution in [-0.2, 0) is 9.63 Å². The molecule has 10 heteroatoms. The molecule has 142 valence electrons. The van der Waals surface area contributed by atoms with E-state index in [9.17, 15) is 22.8 Å². The predicted molar refractivity (Wildman–Crippen MR) is 84.2 cm³/mol. The van der Waals surface area contributed by atoms with Gasteiger partial charge in [-0.1, -0.05) is 0 Å². The highest BCUT2D eigenvalue weighted by molar-refractivity contribution is 5.89. The van der Waals surface area contributed by atoms with Crippen molar-refractivity contribution in [3.8, 4) is 5.75 Å². The lowest BCUT2D eigenvalue weighted by atomic mass is 9.89. The molecule has 2 saturated heterocycles. The fourth-order valence-electron chi connectivity index (χ4n) is 3.09. The molecular formula is C16H18F3N3O4. The molecule has 2 heterocycles. The number of nitrogens with one attached hydrogen (secondary N) is 1. The van der Waals surface area contributed by atoms with Crippen molar-refractivity contribution >= 4 is 17.6 Å². The average Bonchev–Trinajstić information content (AvgIpc) is 2.82. The van der Waals surface area contributed by atoms with E-state index in [-0.39, 0.29) is 17.7 Å². The summed E-state index contributed by atoms with van der Waals surface area (Å²) in [5.41, 5.74) is -0.184. The van der Waals surface area contributed by atoms with Crippen molar-refractivity contribution in [1.82, 2.24) is 9.96 Å². The number of amides is 3. The Hall–Kier alpha value is -2.49. The minimum atomic E-state index is -4.76. The lowest BCUT2D eigenvalue weighted by Gasteiger charge is -2.37. The number of hydrogen-bond acceptors (Lipinski definition) is 4. The van der Waals surface area contributed by atoms with Gasteiger partial charge in [-0.25, -0.2) is 9.86 Å². The number of urea groups is 1. The molecule has 7 nitrogen and oxygen atoms in total. The number of anilines is 1. The molecule has 0 atom stereocenters. The molecule has 2 aliphatic rings. The summed E-state index contributed by atoms with van der Waals surface area (Å²) in [5.74, 6) is -0.438. The fraction of sp³-hybridized carbons (Fsp3) is 0.500. The lowest BCUT2D eigenvalue weighted by Crippen LogP contribution is -2.48. The van der Waals surface area contributed by atoms with E-state index in [1.807, 2.05) is 0 Å². The van der Waals surface area contributed by atoms with Gasteiger partial charge in [0.05, 0.1) is 6.42 Å². The van der Waals surface area contributed by atoms with Gasteiger partial charge in [0.25, 0.3) is 0 Å². The van der Waals surface area contributed by atoms with Gasteiger partial charge in [-0.2, -0.15) is 0 Å². The zero-order valence-corrected chi connectivity index (χ0v) is 14.0. The van der Waals surface area contributed by atoms with Crippen LogP contribution in [0, 0.1) is 0 Å². The highest BCUT2D eigenvalue weighted by atomic mass is 19.4. The number of piperidine rings is 1. The van der Waals surface area contributed by atoms with Crippen molar-refractivity contribution in [2.45, 2.75) is 31.2 Å². The summed E-state index contributed by atoms with van der Waals surface area (Å²) in [6, 6.07) is 4.56. The van der Waals surface area contributed by atoms with Crippen molar-refractivity contribution in [1.29, 1.82) is 0 Å². The van der Waals surface area contributed by atoms with Gasteiger partial charge in [-0.15, -0.1) is 13.2 Å². The van der Waals surface area contributed by atoms with Crippen LogP contribution in [0.4, 0.5) is 23.7 Å². The van der Waals surface area contributed by atoms with Gasteiger partial charge in [-0.3, -0.25) is 9.63 Å². The maximum Gasteiger partial charge on any atom is 0.573 e. The smallest absolute Gasteiger partial charge is 0.406 e. The molecule has 1 aromatic rings. The predicted octanol–water partition coefficient (Wildman–Crippen LogP) is 2.75. The minimum Gasteiger partial charge on any atom is -0.406 e. The standard InChI is InChI=1S/C16H18F3N3O4/c1-21-13(23)10-15(26-21)6-8-22(9-7-15)14(24)20-11-2-4-12(5-3-11)25-16(17,18)19/h2-5H,6-10H2,1H3,(H,20,24). The van der Waals surface area contributed by atoms with Crippen molar-refractivity contribution in [3.63, 3.8) is 0 Å². The van der Waals surface area contributed by atoms with Crippen molar-refractivity contribution < 1.29 is 32.3 Å². The first kappa shape index (κ1) is 18.3. The summed E-state index contributed by atoms with van der Waals surface area (Å²) in [7, 11) is 1.57. The Morgan fingerprint density at radius 3 is 2.35 bits per heavy atom. The monoisotopic (exact) mass is 373 g/mol. The summed E-state index contributed by atoms with van der Waals surface area (Å²) in [5, 5.41) is 3.87. The van der Waals surface area contributed by atoms with E-state index in [0.717, 1.165) is 12.1 Å². The van der Waals surface area contributed by atoms with E-state index in [0.29, 0.717) is 38.0 Å². The number of rotatable bonds is 2. The number of halogens is 3. The van der Waals surface area contributed by atoms with Gasteiger partial charge in [0.15, 0.2) is 0 Å². The average molecular weight is 373 g/mol. The Morgan fingerprint density at radius 1 is 1.23 bits per heavy atom. The zero-order chi connectivity index (χ0) is 18.9. The normalized spacial score (nSPS) is 19.8. The number of hydroxylamine groups is 2. The van der Waals surface area contributed by atoms with Crippen LogP contribution in [0.25, 0.3) is 0 Å². The molecule has 2 aliphatic heterocycles. The molecule has 0 aliphatic carbocycles. The van der Waals surface area contributed by atoms with Crippen LogP contribution in [-0.4, -0.2) is 54.0 Å². The Labute approximate surface area is 147 Å². The largest absolute Gasteiger partial charge is 0.573 e. The Morgan fingerprint density at radius 2 is 1.85 bits per heavy atom. The van der Waals surface area contributed by atoms with Gasteiger partial charge in [0.1, 0.15) is 11.4 Å². The van der Waals surface area contributed by atoms with Gasteiger partial charge in [0, 0.05) is 25.8 Å². The van der Waals surface area contributed by atoms with E-state index in [4.69, 9.17) is 4.84 Å². The zero-order valence-electron chi connectivity index (χ0n) is 14.0. The number of carbonyl (C=O) groups is 2. The van der Waals surface area contributed by atoms with E-state index in [2.05, 4.69) is 10.1 Å². The van der Waals surface area contributed by atoms with Gasteiger partial charge in [0.2, 0.25) is 5.91 Å². The number of carbonyl (C=O) groups excluding carboxylic acids is 2. The first-order valence-electron chi connectivity index (χ1n) is 8.03. The molecule has 0 saturated carbocycles. The molecule has 3 amide bonds. The summed E-state index contributed by atoms with van der Waals surface area (Å²) in [6.07, 6.45) is -3.38. The number of benzene rings is 1. The summed E-state index contributed by atoms with van der Waals surface area (Å²) in [6.45, 7) is 0.838. The molecule has 0 bridgehead atoms. The summed E-state index contributed by atoms with van der Waals surface area (Å²) >= 11 is 0. The molecular weight excluding hydrogens is 355 g/mol. The molecule has 26 heavy (non-hydrogen) atoms. The first-order valence-corrected chi connectivity index (χ1v) is 8.03. The van der Waals surface area contributed by atoms with Crippen LogP contribution in [0.5, 0.6) is 5.75 Å². The molecule has 1 N–H and O–H groups in total. The van der Waals surface area contributed by atoms with Crippen molar-refractivity contribution in [3.05, 3.63) is 24.3 Å². The first-order chi connectivity index (χ1) is 12.2. The van der Waals surface area contributed by atoms with Crippen LogP contribution in [0.3, 0.4) is 0 Å². The number of ether oxygens (including phenoxy) is 1. The lowest BCUT2D eigenvalue weighted by molar-refractivity contribution is -0.274. The van der Waals surface area contributed by atoms with E-state index >= 15 is 0 Å². The highest BCUT2D eigenvalue weighted by Crippen LogP contribution is 2.36. The molecule has 3 rings (SSSR count). The fourth-order valence-corrected chi connectivity index (χ4v) is 3.09. The van der Waals surface area contributed by atoms with Crippen molar-refractivity contribution in [2.75, 3.05) is 25.5 Å². The number of nitrogens with zero attached hydrogens (tertiary/aromatic N) is 2. The third-order valence-corrected chi connectivity index (χ3v) is 4.46. The topological polar surface area (TPSA) is 71.1 Å². The summed E-state index contributed by atoms with van der Waals surface area (Å²) < 4.78 is 40.2. The van der Waals surface area contributed by atoms with E-state index in [1.165, 1.54) is 17.2 Å².